The Kier molecular flexibility index (Phi) is 3.66. The molecule has 5 rings (SSSR count). The summed E-state index contributed by atoms with van der Waals surface area (Å²) < 4.78 is 80.0. The zero-order valence-corrected chi connectivity index (χ0v) is 15.3. The van der Waals surface area contributed by atoms with Crippen LogP contribution in [0.4, 0.5) is 22.0 Å². The maximum atomic E-state index is 15.3. The Morgan fingerprint density at radius 2 is 1.71 bits per heavy atom. The lowest BCUT2D eigenvalue weighted by atomic mass is 9.62. The fourth-order valence-corrected chi connectivity index (χ4v) is 7.81. The van der Waals surface area contributed by atoms with Gasteiger partial charge in [0.15, 0.2) is 0 Å². The number of alkyl halides is 5. The molecule has 5 aliphatic rings. The van der Waals surface area contributed by atoms with Gasteiger partial charge in [-0.15, -0.1) is 0 Å². The zero-order valence-electron chi connectivity index (χ0n) is 15.3. The first kappa shape index (κ1) is 19.0. The number of hydrogen-bond donors (Lipinski definition) is 1. The highest BCUT2D eigenvalue weighted by Crippen LogP contribution is 2.72. The molecule has 1 N–H and O–H groups in total. The van der Waals surface area contributed by atoms with E-state index in [0.29, 0.717) is 24.2 Å². The number of aliphatic hydroxyl groups is 1. The molecular weight excluding hydrogens is 387 g/mol. The average Bonchev–Trinajstić information content (AvgIpc) is 3.35. The van der Waals surface area contributed by atoms with Crippen molar-refractivity contribution in [1.82, 2.24) is 0 Å². The van der Waals surface area contributed by atoms with E-state index in [1.807, 2.05) is 0 Å². The summed E-state index contributed by atoms with van der Waals surface area (Å²) in [5, 5.41) is 9.84. The van der Waals surface area contributed by atoms with Crippen LogP contribution < -0.4 is 0 Å². The summed E-state index contributed by atoms with van der Waals surface area (Å²) in [6, 6.07) is 0. The van der Waals surface area contributed by atoms with Gasteiger partial charge in [-0.3, -0.25) is 4.79 Å². The molecule has 158 valence electrons. The minimum absolute atomic E-state index is 0.165. The van der Waals surface area contributed by atoms with Gasteiger partial charge in [0, 0.05) is 12.8 Å². The van der Waals surface area contributed by atoms with Crippen LogP contribution in [0.2, 0.25) is 0 Å². The van der Waals surface area contributed by atoms with Gasteiger partial charge in [-0.25, -0.2) is 0 Å². The predicted octanol–water partition coefficient (Wildman–Crippen LogP) is 3.52. The van der Waals surface area contributed by atoms with Gasteiger partial charge in [0.1, 0.15) is 0 Å². The van der Waals surface area contributed by atoms with E-state index in [1.165, 1.54) is 0 Å². The number of halogens is 5. The summed E-state index contributed by atoms with van der Waals surface area (Å²) in [6.07, 6.45) is -1.52. The minimum Gasteiger partial charge on any atom is -0.450 e. The molecule has 4 nitrogen and oxygen atoms in total. The Labute approximate surface area is 158 Å². The van der Waals surface area contributed by atoms with Crippen molar-refractivity contribution in [2.45, 2.75) is 62.5 Å². The molecule has 1 aliphatic heterocycles. The van der Waals surface area contributed by atoms with Crippen LogP contribution in [0.1, 0.15) is 39.0 Å². The third-order valence-electron chi connectivity index (χ3n) is 8.50. The average molecular weight is 410 g/mol. The van der Waals surface area contributed by atoms with Gasteiger partial charge in [-0.05, 0) is 67.6 Å². The number of carbonyl (C=O) groups excluding carboxylic acids is 1. The molecule has 4 aliphatic carbocycles. The molecule has 9 unspecified atom stereocenters. The lowest BCUT2D eigenvalue weighted by Crippen LogP contribution is -2.67. The number of hydrogen-bond acceptors (Lipinski definition) is 4. The van der Waals surface area contributed by atoms with Crippen LogP contribution >= 0.6 is 0 Å². The monoisotopic (exact) mass is 410 g/mol. The van der Waals surface area contributed by atoms with Crippen LogP contribution in [-0.2, 0) is 14.3 Å². The maximum absolute atomic E-state index is 15.3. The van der Waals surface area contributed by atoms with Crippen molar-refractivity contribution in [1.29, 1.82) is 0 Å². The minimum atomic E-state index is -5.72. The molecular formula is C19H23F5O4. The van der Waals surface area contributed by atoms with Crippen molar-refractivity contribution < 1.29 is 41.3 Å². The number of carbonyl (C=O) groups is 1. The first-order chi connectivity index (χ1) is 12.9. The third-order valence-corrected chi connectivity index (χ3v) is 8.50. The second kappa shape index (κ2) is 5.39. The second-order valence-electron chi connectivity index (χ2n) is 9.48. The highest BCUT2D eigenvalue weighted by molar-refractivity contribution is 5.67. The SMILES string of the molecule is CC(=O)OC1(C2CC3CC2C2C4CCC(C4)C32)COC(O)(C(F)(F)F)C1(F)F. The molecule has 0 amide bonds. The molecule has 1 saturated heterocycles. The number of ether oxygens (including phenoxy) is 2. The number of esters is 1. The largest absolute Gasteiger partial charge is 0.450 e. The van der Waals surface area contributed by atoms with Crippen LogP contribution in [0.25, 0.3) is 0 Å². The Morgan fingerprint density at radius 3 is 2.29 bits per heavy atom. The van der Waals surface area contributed by atoms with Crippen molar-refractivity contribution in [3.8, 4) is 0 Å². The predicted molar refractivity (Wildman–Crippen MR) is 83.9 cm³/mol. The Balaban J connectivity index is 1.55. The topological polar surface area (TPSA) is 55.8 Å². The zero-order chi connectivity index (χ0) is 20.3. The Morgan fingerprint density at radius 1 is 1.07 bits per heavy atom. The van der Waals surface area contributed by atoms with E-state index in [0.717, 1.165) is 26.2 Å². The lowest BCUT2D eigenvalue weighted by Gasteiger charge is -2.47. The normalized spacial score (nSPS) is 53.6. The van der Waals surface area contributed by atoms with Crippen molar-refractivity contribution in [2.75, 3.05) is 6.61 Å². The van der Waals surface area contributed by atoms with Gasteiger partial charge in [-0.2, -0.15) is 22.0 Å². The van der Waals surface area contributed by atoms with Crippen LogP contribution in [-0.4, -0.2) is 41.2 Å². The van der Waals surface area contributed by atoms with E-state index in [-0.39, 0.29) is 24.2 Å². The van der Waals surface area contributed by atoms with Gasteiger partial charge in [0.2, 0.25) is 5.60 Å². The molecule has 9 heteroatoms. The molecule has 0 spiro atoms. The molecule has 9 atom stereocenters. The van der Waals surface area contributed by atoms with E-state index in [2.05, 4.69) is 4.74 Å². The van der Waals surface area contributed by atoms with Crippen molar-refractivity contribution in [2.24, 2.45) is 41.4 Å². The number of rotatable bonds is 2. The van der Waals surface area contributed by atoms with Crippen LogP contribution in [0.3, 0.4) is 0 Å². The van der Waals surface area contributed by atoms with E-state index >= 15 is 8.78 Å². The highest BCUT2D eigenvalue weighted by Gasteiger charge is 2.86. The lowest BCUT2D eigenvalue weighted by molar-refractivity contribution is -0.412. The Hall–Kier alpha value is -0.960. The molecule has 0 aromatic heterocycles. The molecule has 5 fully saturated rings. The summed E-state index contributed by atoms with van der Waals surface area (Å²) in [5.41, 5.74) is -2.80. The van der Waals surface area contributed by atoms with Gasteiger partial charge >= 0.3 is 23.9 Å². The molecule has 0 aromatic rings. The smallest absolute Gasteiger partial charge is 0.449 e. The second-order valence-corrected chi connectivity index (χ2v) is 9.48. The van der Waals surface area contributed by atoms with Gasteiger partial charge in [0.25, 0.3) is 0 Å². The van der Waals surface area contributed by atoms with Gasteiger partial charge in [0.05, 0.1) is 6.61 Å². The van der Waals surface area contributed by atoms with E-state index in [1.54, 1.807) is 0 Å². The van der Waals surface area contributed by atoms with Crippen molar-refractivity contribution >= 4 is 5.97 Å². The van der Waals surface area contributed by atoms with Crippen LogP contribution in [0, 0.1) is 41.4 Å². The molecule has 1 heterocycles. The quantitative estimate of drug-likeness (QED) is 0.430. The third kappa shape index (κ3) is 2.00. The van der Waals surface area contributed by atoms with Gasteiger partial charge < -0.3 is 14.6 Å². The fourth-order valence-electron chi connectivity index (χ4n) is 7.81. The molecule has 0 aromatic carbocycles. The fraction of sp³-hybridized carbons (Fsp3) is 0.947. The summed E-state index contributed by atoms with van der Waals surface area (Å²) in [4.78, 5) is 11.7. The first-order valence-corrected chi connectivity index (χ1v) is 9.93. The molecule has 28 heavy (non-hydrogen) atoms. The maximum Gasteiger partial charge on any atom is 0.449 e. The molecule has 4 saturated carbocycles. The highest BCUT2D eigenvalue weighted by atomic mass is 19.4. The number of fused-ring (bicyclic) bond motifs is 9. The van der Waals surface area contributed by atoms with E-state index < -0.39 is 42.0 Å². The summed E-state index contributed by atoms with van der Waals surface area (Å²) in [6.45, 7) is -0.259. The van der Waals surface area contributed by atoms with E-state index in [9.17, 15) is 23.1 Å². The van der Waals surface area contributed by atoms with Crippen LogP contribution in [0.15, 0.2) is 0 Å². The summed E-state index contributed by atoms with van der Waals surface area (Å²) in [7, 11) is 0. The Bertz CT molecular complexity index is 711. The standard InChI is InChI=1S/C19H23F5O4/c1-8(25)28-16(7-27-18(26,17(16,20)21)19(22,23)24)13-6-11-5-12(13)15-10-3-2-9(4-10)14(11)15/h9-15,26H,2-7H2,1H3. The van der Waals surface area contributed by atoms with Crippen LogP contribution in [0.5, 0.6) is 0 Å². The van der Waals surface area contributed by atoms with E-state index in [4.69, 9.17) is 4.74 Å². The summed E-state index contributed by atoms with van der Waals surface area (Å²) in [5.74, 6) is -9.92. The molecule has 0 radical (unpaired) electrons. The molecule has 4 bridgehead atoms. The first-order valence-electron chi connectivity index (χ1n) is 9.93. The van der Waals surface area contributed by atoms with Crippen molar-refractivity contribution in [3.63, 3.8) is 0 Å². The van der Waals surface area contributed by atoms with Gasteiger partial charge in [-0.1, -0.05) is 0 Å². The summed E-state index contributed by atoms with van der Waals surface area (Å²) >= 11 is 0. The van der Waals surface area contributed by atoms with Crippen molar-refractivity contribution in [3.05, 3.63) is 0 Å².